The van der Waals surface area contributed by atoms with Crippen LogP contribution in [0.2, 0.25) is 0 Å². The lowest BCUT2D eigenvalue weighted by Crippen LogP contribution is -2.28. The molecule has 2 N–H and O–H groups in total. The highest BCUT2D eigenvalue weighted by Crippen LogP contribution is 2.20. The second kappa shape index (κ2) is 6.17. The first kappa shape index (κ1) is 12.7. The summed E-state index contributed by atoms with van der Waals surface area (Å²) in [5.74, 6) is 0.609. The molecule has 0 unspecified atom stereocenters. The molecule has 0 amide bonds. The predicted molar refractivity (Wildman–Crippen MR) is 55.4 cm³/mol. The molecule has 13 heavy (non-hydrogen) atoms. The molecule has 0 saturated heterocycles. The van der Waals surface area contributed by atoms with Crippen molar-refractivity contribution in [2.75, 3.05) is 6.61 Å². The molecule has 2 nitrogen and oxygen atoms in total. The fourth-order valence-electron chi connectivity index (χ4n) is 1.49. The predicted octanol–water partition coefficient (Wildman–Crippen LogP) is 1.82. The molecule has 4 atom stereocenters. The summed E-state index contributed by atoms with van der Waals surface area (Å²) in [5.41, 5.74) is 0. The maximum Gasteiger partial charge on any atom is 0.0613 e. The quantitative estimate of drug-likeness (QED) is 0.621. The van der Waals surface area contributed by atoms with Crippen molar-refractivity contribution in [3.63, 3.8) is 0 Å². The standard InChI is InChI=1S/C11H22O2/c1-5-8(2)6-9(3)11(13)10(4)7-12/h5,8-13H,1,6-7H2,2-4H3/t8-,9-,10-,11+/m0/s1. The largest absolute Gasteiger partial charge is 0.396 e. The summed E-state index contributed by atoms with van der Waals surface area (Å²) in [6, 6.07) is 0. The summed E-state index contributed by atoms with van der Waals surface area (Å²) in [6.07, 6.45) is 2.41. The fraction of sp³-hybridized carbons (Fsp3) is 0.818. The number of aliphatic hydroxyl groups excluding tert-OH is 2. The first-order chi connectivity index (χ1) is 6.02. The van der Waals surface area contributed by atoms with E-state index in [0.29, 0.717) is 5.92 Å². The number of rotatable bonds is 6. The maximum atomic E-state index is 9.74. The molecule has 0 aromatic heterocycles. The van der Waals surface area contributed by atoms with Gasteiger partial charge >= 0.3 is 0 Å². The summed E-state index contributed by atoms with van der Waals surface area (Å²) in [6.45, 7) is 9.71. The Hall–Kier alpha value is -0.340. The number of aliphatic hydroxyl groups is 2. The lowest BCUT2D eigenvalue weighted by Gasteiger charge is -2.24. The Labute approximate surface area is 81.3 Å². The fourth-order valence-corrected chi connectivity index (χ4v) is 1.49. The number of hydrogen-bond donors (Lipinski definition) is 2. The minimum atomic E-state index is -0.410. The molecule has 0 aliphatic heterocycles. The van der Waals surface area contributed by atoms with Crippen LogP contribution in [0, 0.1) is 17.8 Å². The van der Waals surface area contributed by atoms with Gasteiger partial charge in [-0.05, 0) is 18.3 Å². The van der Waals surface area contributed by atoms with Crippen LogP contribution in [0.5, 0.6) is 0 Å². The van der Waals surface area contributed by atoms with Crippen molar-refractivity contribution >= 4 is 0 Å². The minimum Gasteiger partial charge on any atom is -0.396 e. The van der Waals surface area contributed by atoms with E-state index in [9.17, 15) is 5.11 Å². The SMILES string of the molecule is C=C[C@H](C)C[C@H](C)[C@@H](O)[C@@H](C)CO. The van der Waals surface area contributed by atoms with E-state index in [2.05, 4.69) is 13.5 Å². The summed E-state index contributed by atoms with van der Waals surface area (Å²) in [4.78, 5) is 0. The Morgan fingerprint density at radius 2 is 1.77 bits per heavy atom. The normalized spacial score (nSPS) is 20.4. The van der Waals surface area contributed by atoms with Crippen LogP contribution >= 0.6 is 0 Å². The summed E-state index contributed by atoms with van der Waals surface area (Å²) < 4.78 is 0. The van der Waals surface area contributed by atoms with Crippen LogP contribution in [0.4, 0.5) is 0 Å². The highest BCUT2D eigenvalue weighted by molar-refractivity contribution is 4.80. The molecule has 0 spiro atoms. The van der Waals surface area contributed by atoms with Gasteiger partial charge in [0, 0.05) is 12.5 Å². The van der Waals surface area contributed by atoms with Crippen molar-refractivity contribution in [3.05, 3.63) is 12.7 Å². The highest BCUT2D eigenvalue weighted by atomic mass is 16.3. The zero-order valence-corrected chi connectivity index (χ0v) is 8.90. The van der Waals surface area contributed by atoms with E-state index in [0.717, 1.165) is 6.42 Å². The molecule has 0 heterocycles. The van der Waals surface area contributed by atoms with E-state index >= 15 is 0 Å². The molecule has 0 rings (SSSR count). The third kappa shape index (κ3) is 4.44. The van der Waals surface area contributed by atoms with Gasteiger partial charge in [-0.15, -0.1) is 6.58 Å². The zero-order chi connectivity index (χ0) is 10.4. The molecule has 78 valence electrons. The lowest BCUT2D eigenvalue weighted by molar-refractivity contribution is 0.0309. The van der Waals surface area contributed by atoms with E-state index in [1.54, 1.807) is 0 Å². The third-order valence-corrected chi connectivity index (χ3v) is 2.60. The molecule has 0 bridgehead atoms. The van der Waals surface area contributed by atoms with E-state index in [4.69, 9.17) is 5.11 Å². The van der Waals surface area contributed by atoms with Gasteiger partial charge in [0.25, 0.3) is 0 Å². The van der Waals surface area contributed by atoms with Crippen LogP contribution in [-0.4, -0.2) is 22.9 Å². The van der Waals surface area contributed by atoms with Crippen LogP contribution in [0.1, 0.15) is 27.2 Å². The smallest absolute Gasteiger partial charge is 0.0613 e. The summed E-state index contributed by atoms with van der Waals surface area (Å²) >= 11 is 0. The lowest BCUT2D eigenvalue weighted by atomic mass is 9.87. The molecule has 0 aliphatic carbocycles. The monoisotopic (exact) mass is 186 g/mol. The molecule has 0 aromatic rings. The van der Waals surface area contributed by atoms with Crippen LogP contribution < -0.4 is 0 Å². The second-order valence-electron chi connectivity index (χ2n) is 4.08. The second-order valence-corrected chi connectivity index (χ2v) is 4.08. The van der Waals surface area contributed by atoms with Crippen LogP contribution in [-0.2, 0) is 0 Å². The van der Waals surface area contributed by atoms with E-state index < -0.39 is 6.10 Å². The van der Waals surface area contributed by atoms with Crippen molar-refractivity contribution in [2.45, 2.75) is 33.3 Å². The summed E-state index contributed by atoms with van der Waals surface area (Å²) in [5, 5.41) is 18.6. The molecule has 0 aliphatic rings. The molecule has 2 heteroatoms. The van der Waals surface area contributed by atoms with Gasteiger partial charge in [-0.3, -0.25) is 0 Å². The molecule has 0 radical (unpaired) electrons. The van der Waals surface area contributed by atoms with Crippen molar-refractivity contribution in [3.8, 4) is 0 Å². The van der Waals surface area contributed by atoms with Gasteiger partial charge in [0.1, 0.15) is 0 Å². The highest BCUT2D eigenvalue weighted by Gasteiger charge is 2.21. The average molecular weight is 186 g/mol. The first-order valence-electron chi connectivity index (χ1n) is 4.94. The Morgan fingerprint density at radius 3 is 2.15 bits per heavy atom. The van der Waals surface area contributed by atoms with Crippen molar-refractivity contribution in [1.29, 1.82) is 0 Å². The van der Waals surface area contributed by atoms with Gasteiger partial charge in [0.15, 0.2) is 0 Å². The first-order valence-corrected chi connectivity index (χ1v) is 4.94. The average Bonchev–Trinajstić information content (AvgIpc) is 2.14. The molecule has 0 saturated carbocycles. The Balaban J connectivity index is 3.94. The van der Waals surface area contributed by atoms with E-state index in [-0.39, 0.29) is 18.4 Å². The van der Waals surface area contributed by atoms with Gasteiger partial charge in [0.05, 0.1) is 6.10 Å². The van der Waals surface area contributed by atoms with Crippen molar-refractivity contribution < 1.29 is 10.2 Å². The Morgan fingerprint density at radius 1 is 1.23 bits per heavy atom. The van der Waals surface area contributed by atoms with Crippen LogP contribution in [0.3, 0.4) is 0 Å². The van der Waals surface area contributed by atoms with Crippen molar-refractivity contribution in [1.82, 2.24) is 0 Å². The van der Waals surface area contributed by atoms with Crippen LogP contribution in [0.15, 0.2) is 12.7 Å². The van der Waals surface area contributed by atoms with Crippen LogP contribution in [0.25, 0.3) is 0 Å². The van der Waals surface area contributed by atoms with Crippen molar-refractivity contribution in [2.24, 2.45) is 17.8 Å². The maximum absolute atomic E-state index is 9.74. The van der Waals surface area contributed by atoms with E-state index in [1.807, 2.05) is 19.9 Å². The van der Waals surface area contributed by atoms with Gasteiger partial charge in [-0.25, -0.2) is 0 Å². The molecule has 0 fully saturated rings. The molecule has 0 aromatic carbocycles. The summed E-state index contributed by atoms with van der Waals surface area (Å²) in [7, 11) is 0. The third-order valence-electron chi connectivity index (χ3n) is 2.60. The van der Waals surface area contributed by atoms with Gasteiger partial charge in [-0.1, -0.05) is 26.8 Å². The molecular formula is C11H22O2. The number of hydrogen-bond acceptors (Lipinski definition) is 2. The van der Waals surface area contributed by atoms with E-state index in [1.165, 1.54) is 0 Å². The van der Waals surface area contributed by atoms with Gasteiger partial charge in [0.2, 0.25) is 0 Å². The molecular weight excluding hydrogens is 164 g/mol. The zero-order valence-electron chi connectivity index (χ0n) is 8.90. The van der Waals surface area contributed by atoms with Gasteiger partial charge < -0.3 is 10.2 Å². The number of allylic oxidation sites excluding steroid dienone is 1. The van der Waals surface area contributed by atoms with Gasteiger partial charge in [-0.2, -0.15) is 0 Å². The Bertz CT molecular complexity index is 145. The Kier molecular flexibility index (Phi) is 6.00. The topological polar surface area (TPSA) is 40.5 Å². The minimum absolute atomic E-state index is 0.0352.